The lowest BCUT2D eigenvalue weighted by Crippen LogP contribution is -2.43. The third kappa shape index (κ3) is 6.06. The number of piperidine rings is 1. The van der Waals surface area contributed by atoms with E-state index in [0.29, 0.717) is 16.7 Å². The van der Waals surface area contributed by atoms with Gasteiger partial charge in [0.1, 0.15) is 16.2 Å². The van der Waals surface area contributed by atoms with Crippen molar-refractivity contribution in [2.75, 3.05) is 13.1 Å². The molecule has 1 amide bonds. The predicted octanol–water partition coefficient (Wildman–Crippen LogP) is 5.50. The summed E-state index contributed by atoms with van der Waals surface area (Å²) in [6, 6.07) is 2.38. The summed E-state index contributed by atoms with van der Waals surface area (Å²) in [7, 11) is -3.99. The molecule has 42 heavy (non-hydrogen) atoms. The van der Waals surface area contributed by atoms with Crippen molar-refractivity contribution in [1.82, 2.24) is 29.4 Å². The van der Waals surface area contributed by atoms with E-state index in [1.54, 1.807) is 32.3 Å². The number of aliphatic hydroxyl groups is 1. The van der Waals surface area contributed by atoms with Gasteiger partial charge in [-0.1, -0.05) is 29.3 Å². The van der Waals surface area contributed by atoms with Gasteiger partial charge in [-0.05, 0) is 46.6 Å². The number of carbonyl (C=O) groups excluding carboxylic acids is 1. The number of aromatic nitrogens is 4. The molecule has 2 N–H and O–H groups in total. The highest BCUT2D eigenvalue weighted by Gasteiger charge is 2.39. The van der Waals surface area contributed by atoms with E-state index >= 15 is 0 Å². The summed E-state index contributed by atoms with van der Waals surface area (Å²) < 4.78 is 57.7. The number of halogens is 4. The van der Waals surface area contributed by atoms with E-state index in [0.717, 1.165) is 24.2 Å². The Hall–Kier alpha value is -2.23. The van der Waals surface area contributed by atoms with E-state index in [2.05, 4.69) is 19.9 Å². The highest BCUT2D eigenvalue weighted by Crippen LogP contribution is 2.46. The van der Waals surface area contributed by atoms with Crippen LogP contribution < -0.4 is 4.72 Å². The first-order valence-corrected chi connectivity index (χ1v) is 16.4. The van der Waals surface area contributed by atoms with E-state index in [1.807, 2.05) is 0 Å². The number of rotatable bonds is 8. The second-order valence-corrected chi connectivity index (χ2v) is 14.8. The Morgan fingerprint density at radius 2 is 1.81 bits per heavy atom. The normalized spacial score (nSPS) is 17.7. The van der Waals surface area contributed by atoms with Crippen LogP contribution >= 0.6 is 34.5 Å². The standard InChI is InChI=1S/C26H30Cl2F2N6O4S2/c1-13(2)34-42(39,40)16-8-7-15(17(27)18(16)28)20-19(23(37)35-11-9-26(29,30)10-12-35)31-22(41-20)21-32-33-24(25(3,4)38)36(21)14-5-6-14/h7-8,13-14,34,38H,5-6,9-12H2,1-4H3. The zero-order chi connectivity index (χ0) is 30.8. The zero-order valence-corrected chi connectivity index (χ0v) is 26.4. The summed E-state index contributed by atoms with van der Waals surface area (Å²) >= 11 is 14.2. The molecule has 1 saturated carbocycles. The molecular formula is C26H30Cl2F2N6O4S2. The predicted molar refractivity (Wildman–Crippen MR) is 156 cm³/mol. The number of hydrogen-bond donors (Lipinski definition) is 2. The summed E-state index contributed by atoms with van der Waals surface area (Å²) in [5.41, 5.74) is -1.10. The van der Waals surface area contributed by atoms with Gasteiger partial charge in [-0.3, -0.25) is 4.79 Å². The minimum Gasteiger partial charge on any atom is -0.382 e. The molecule has 0 unspecified atom stereocenters. The van der Waals surface area contributed by atoms with Gasteiger partial charge in [-0.15, -0.1) is 21.5 Å². The number of alkyl halides is 2. The molecule has 3 heterocycles. The van der Waals surface area contributed by atoms with Gasteiger partial charge in [0.25, 0.3) is 11.8 Å². The first-order chi connectivity index (χ1) is 19.5. The molecule has 1 saturated heterocycles. The van der Waals surface area contributed by atoms with Gasteiger partial charge in [0, 0.05) is 43.6 Å². The Labute approximate surface area is 256 Å². The van der Waals surface area contributed by atoms with Crippen LogP contribution in [-0.4, -0.2) is 69.1 Å². The molecule has 0 atom stereocenters. The molecule has 16 heteroatoms. The third-order valence-electron chi connectivity index (χ3n) is 6.93. The molecule has 228 valence electrons. The number of nitrogens with zero attached hydrogens (tertiary/aromatic N) is 5. The molecular weight excluding hydrogens is 633 g/mol. The summed E-state index contributed by atoms with van der Waals surface area (Å²) in [5.74, 6) is -2.75. The van der Waals surface area contributed by atoms with Crippen LogP contribution in [0.1, 0.15) is 75.7 Å². The maximum Gasteiger partial charge on any atom is 0.274 e. The van der Waals surface area contributed by atoms with Gasteiger partial charge in [-0.25, -0.2) is 26.9 Å². The molecule has 1 aromatic carbocycles. The molecule has 2 aliphatic rings. The number of sulfonamides is 1. The molecule has 10 nitrogen and oxygen atoms in total. The fourth-order valence-corrected chi connectivity index (χ4v) is 8.00. The van der Waals surface area contributed by atoms with Crippen LogP contribution in [0, 0.1) is 0 Å². The minimum absolute atomic E-state index is 0.0447. The number of amides is 1. The molecule has 0 radical (unpaired) electrons. The second kappa shape index (κ2) is 11.0. The quantitative estimate of drug-likeness (QED) is 0.326. The molecule has 2 fully saturated rings. The van der Waals surface area contributed by atoms with E-state index in [-0.39, 0.29) is 50.2 Å². The first kappa shape index (κ1) is 31.2. The largest absolute Gasteiger partial charge is 0.382 e. The smallest absolute Gasteiger partial charge is 0.274 e. The maximum absolute atomic E-state index is 13.9. The number of thiazole rings is 1. The SMILES string of the molecule is CC(C)NS(=O)(=O)c1ccc(-c2sc(-c3nnc(C(C)(C)O)n3C3CC3)nc2C(=O)N2CCC(F)(F)CC2)c(Cl)c1Cl. The highest BCUT2D eigenvalue weighted by atomic mass is 35.5. The van der Waals surface area contributed by atoms with Gasteiger partial charge in [0.05, 0.1) is 14.9 Å². The van der Waals surface area contributed by atoms with Gasteiger partial charge in [0.15, 0.2) is 16.7 Å². The van der Waals surface area contributed by atoms with Crippen molar-refractivity contribution >= 4 is 50.5 Å². The first-order valence-electron chi connectivity index (χ1n) is 13.4. The summed E-state index contributed by atoms with van der Waals surface area (Å²) in [6.07, 6.45) is 0.750. The lowest BCUT2D eigenvalue weighted by molar-refractivity contribution is -0.0494. The Balaban J connectivity index is 1.65. The van der Waals surface area contributed by atoms with Crippen LogP contribution in [0.3, 0.4) is 0 Å². The molecule has 5 rings (SSSR count). The molecule has 2 aromatic heterocycles. The molecule has 0 bridgehead atoms. The topological polar surface area (TPSA) is 130 Å². The lowest BCUT2D eigenvalue weighted by atomic mass is 10.1. The Morgan fingerprint density at radius 1 is 1.17 bits per heavy atom. The molecule has 1 aliphatic heterocycles. The van der Waals surface area contributed by atoms with Crippen molar-refractivity contribution in [2.45, 2.75) is 81.9 Å². The van der Waals surface area contributed by atoms with Crippen LogP contribution in [0.5, 0.6) is 0 Å². The number of hydrogen-bond acceptors (Lipinski definition) is 8. The fraction of sp³-hybridized carbons (Fsp3) is 0.538. The van der Waals surface area contributed by atoms with Crippen LogP contribution in [0.25, 0.3) is 21.3 Å². The summed E-state index contributed by atoms with van der Waals surface area (Å²) in [4.78, 5) is 19.7. The summed E-state index contributed by atoms with van der Waals surface area (Å²) in [5, 5.41) is 19.2. The van der Waals surface area contributed by atoms with Crippen molar-refractivity contribution in [1.29, 1.82) is 0 Å². The highest BCUT2D eigenvalue weighted by molar-refractivity contribution is 7.89. The second-order valence-electron chi connectivity index (χ2n) is 11.4. The Kier molecular flexibility index (Phi) is 8.20. The van der Waals surface area contributed by atoms with Gasteiger partial charge in [-0.2, -0.15) is 0 Å². The van der Waals surface area contributed by atoms with Crippen LogP contribution in [0.4, 0.5) is 8.78 Å². The van der Waals surface area contributed by atoms with Crippen LogP contribution in [0.15, 0.2) is 17.0 Å². The molecule has 0 spiro atoms. The van der Waals surface area contributed by atoms with E-state index in [9.17, 15) is 27.1 Å². The third-order valence-corrected chi connectivity index (χ3v) is 10.7. The van der Waals surface area contributed by atoms with Crippen molar-refractivity contribution in [2.24, 2.45) is 0 Å². The van der Waals surface area contributed by atoms with Gasteiger partial charge in [0.2, 0.25) is 10.0 Å². The van der Waals surface area contributed by atoms with E-state index < -0.39 is 46.3 Å². The number of benzene rings is 1. The summed E-state index contributed by atoms with van der Waals surface area (Å²) in [6.45, 7) is 6.20. The molecule has 1 aliphatic carbocycles. The van der Waals surface area contributed by atoms with E-state index in [4.69, 9.17) is 23.2 Å². The fourth-order valence-electron chi connectivity index (χ4n) is 4.75. The van der Waals surface area contributed by atoms with Crippen molar-refractivity contribution < 1.29 is 27.1 Å². The van der Waals surface area contributed by atoms with Crippen molar-refractivity contribution in [3.8, 4) is 21.3 Å². The van der Waals surface area contributed by atoms with Gasteiger partial charge >= 0.3 is 0 Å². The van der Waals surface area contributed by atoms with Crippen LogP contribution in [-0.2, 0) is 15.6 Å². The number of likely N-dealkylation sites (tertiary alicyclic amines) is 1. The Bertz CT molecular complexity index is 1640. The average molecular weight is 664 g/mol. The van der Waals surface area contributed by atoms with E-state index in [1.165, 1.54) is 17.0 Å². The average Bonchev–Trinajstić information content (AvgIpc) is 3.45. The minimum atomic E-state index is -3.99. The maximum atomic E-state index is 13.9. The zero-order valence-electron chi connectivity index (χ0n) is 23.3. The van der Waals surface area contributed by atoms with Crippen molar-refractivity contribution in [3.05, 3.63) is 33.7 Å². The lowest BCUT2D eigenvalue weighted by Gasteiger charge is -2.31. The van der Waals surface area contributed by atoms with Gasteiger partial charge < -0.3 is 14.6 Å². The van der Waals surface area contributed by atoms with Crippen molar-refractivity contribution in [3.63, 3.8) is 0 Å². The number of nitrogens with one attached hydrogen (secondary N) is 1. The van der Waals surface area contributed by atoms with Crippen LogP contribution in [0.2, 0.25) is 10.0 Å². The molecule has 3 aromatic rings. The number of carbonyl (C=O) groups is 1. The Morgan fingerprint density at radius 3 is 2.38 bits per heavy atom. The monoisotopic (exact) mass is 662 g/mol.